The average molecular weight is 264 g/mol. The van der Waals surface area contributed by atoms with E-state index in [9.17, 15) is 8.78 Å². The zero-order valence-corrected chi connectivity index (χ0v) is 10.2. The minimum Gasteiger partial charge on any atom is -0.492 e. The number of hydrogen-bond acceptors (Lipinski definition) is 2. The zero-order valence-electron chi connectivity index (χ0n) is 9.49. The Hall–Kier alpha value is -0.870. The molecule has 0 spiro atoms. The van der Waals surface area contributed by atoms with E-state index in [-0.39, 0.29) is 6.54 Å². The van der Waals surface area contributed by atoms with Crippen LogP contribution < -0.4 is 4.74 Å². The number of ether oxygens (including phenoxy) is 1. The van der Waals surface area contributed by atoms with E-state index in [1.807, 2.05) is 30.3 Å². The molecule has 1 aromatic carbocycles. The maximum Gasteiger partial charge on any atom is 0.251 e. The lowest BCUT2D eigenvalue weighted by Crippen LogP contribution is -2.34. The van der Waals surface area contributed by atoms with Gasteiger partial charge in [-0.3, -0.25) is 4.90 Å². The molecule has 0 radical (unpaired) electrons. The summed E-state index contributed by atoms with van der Waals surface area (Å²) in [5.41, 5.74) is 0. The van der Waals surface area contributed by atoms with Crippen LogP contribution in [0, 0.1) is 0 Å². The maximum atomic E-state index is 12.2. The van der Waals surface area contributed by atoms with Gasteiger partial charge in [0.2, 0.25) is 0 Å². The van der Waals surface area contributed by atoms with Crippen LogP contribution in [0.15, 0.2) is 30.3 Å². The second-order valence-electron chi connectivity index (χ2n) is 3.54. The molecule has 2 nitrogen and oxygen atoms in total. The van der Waals surface area contributed by atoms with Crippen LogP contribution in [0.3, 0.4) is 0 Å². The van der Waals surface area contributed by atoms with Gasteiger partial charge in [-0.2, -0.15) is 0 Å². The molecule has 0 atom stereocenters. The summed E-state index contributed by atoms with van der Waals surface area (Å²) in [5, 5.41) is 0. The van der Waals surface area contributed by atoms with E-state index in [0.29, 0.717) is 25.6 Å². The van der Waals surface area contributed by atoms with Crippen LogP contribution in [-0.4, -0.2) is 43.4 Å². The predicted molar refractivity (Wildman–Crippen MR) is 65.1 cm³/mol. The topological polar surface area (TPSA) is 12.5 Å². The van der Waals surface area contributed by atoms with Crippen LogP contribution in [0.1, 0.15) is 0 Å². The fourth-order valence-electron chi connectivity index (χ4n) is 1.42. The highest BCUT2D eigenvalue weighted by molar-refractivity contribution is 6.18. The van der Waals surface area contributed by atoms with Gasteiger partial charge >= 0.3 is 0 Å². The van der Waals surface area contributed by atoms with Gasteiger partial charge in [-0.15, -0.1) is 11.6 Å². The first-order valence-corrected chi connectivity index (χ1v) is 6.00. The number of alkyl halides is 3. The van der Waals surface area contributed by atoms with Crippen molar-refractivity contribution in [2.45, 2.75) is 6.43 Å². The van der Waals surface area contributed by atoms with Crippen molar-refractivity contribution in [3.63, 3.8) is 0 Å². The van der Waals surface area contributed by atoms with Crippen molar-refractivity contribution in [1.29, 1.82) is 0 Å². The third kappa shape index (κ3) is 6.44. The summed E-state index contributed by atoms with van der Waals surface area (Å²) in [6.45, 7) is 1.02. The predicted octanol–water partition coefficient (Wildman–Crippen LogP) is 2.87. The van der Waals surface area contributed by atoms with E-state index >= 15 is 0 Å². The monoisotopic (exact) mass is 263 g/mol. The van der Waals surface area contributed by atoms with Gasteiger partial charge in [-0.1, -0.05) is 18.2 Å². The van der Waals surface area contributed by atoms with Crippen LogP contribution in [0.2, 0.25) is 0 Å². The van der Waals surface area contributed by atoms with Crippen LogP contribution in [-0.2, 0) is 0 Å². The van der Waals surface area contributed by atoms with E-state index < -0.39 is 6.43 Å². The van der Waals surface area contributed by atoms with Crippen molar-refractivity contribution in [1.82, 2.24) is 4.90 Å². The van der Waals surface area contributed by atoms with E-state index in [1.54, 1.807) is 4.90 Å². The van der Waals surface area contributed by atoms with Crippen molar-refractivity contribution >= 4 is 11.6 Å². The molecule has 0 unspecified atom stereocenters. The van der Waals surface area contributed by atoms with Gasteiger partial charge in [0.1, 0.15) is 12.4 Å². The molecule has 17 heavy (non-hydrogen) atoms. The van der Waals surface area contributed by atoms with Crippen molar-refractivity contribution in [3.05, 3.63) is 30.3 Å². The van der Waals surface area contributed by atoms with Crippen molar-refractivity contribution in [2.75, 3.05) is 32.1 Å². The highest BCUT2D eigenvalue weighted by atomic mass is 35.5. The van der Waals surface area contributed by atoms with Crippen molar-refractivity contribution in [2.24, 2.45) is 0 Å². The van der Waals surface area contributed by atoms with Gasteiger partial charge in [0.15, 0.2) is 0 Å². The molecule has 0 bridgehead atoms. The molecule has 1 aromatic rings. The third-order valence-electron chi connectivity index (χ3n) is 2.22. The fourth-order valence-corrected chi connectivity index (χ4v) is 1.66. The first-order chi connectivity index (χ1) is 8.22. The summed E-state index contributed by atoms with van der Waals surface area (Å²) in [6.07, 6.45) is -2.34. The zero-order chi connectivity index (χ0) is 12.5. The van der Waals surface area contributed by atoms with Gasteiger partial charge in [-0.25, -0.2) is 8.78 Å². The Labute approximate surface area is 105 Å². The summed E-state index contributed by atoms with van der Waals surface area (Å²) >= 11 is 5.55. The lowest BCUT2D eigenvalue weighted by atomic mass is 10.3. The number of hydrogen-bond donors (Lipinski definition) is 0. The summed E-state index contributed by atoms with van der Waals surface area (Å²) in [6, 6.07) is 9.29. The van der Waals surface area contributed by atoms with Crippen molar-refractivity contribution in [3.8, 4) is 5.75 Å². The lowest BCUT2D eigenvalue weighted by Gasteiger charge is -2.20. The first kappa shape index (κ1) is 14.2. The van der Waals surface area contributed by atoms with Crippen LogP contribution in [0.25, 0.3) is 0 Å². The molecule has 1 rings (SSSR count). The fraction of sp³-hybridized carbons (Fsp3) is 0.500. The van der Waals surface area contributed by atoms with Crippen LogP contribution in [0.5, 0.6) is 5.75 Å². The quantitative estimate of drug-likeness (QED) is 0.669. The minimum absolute atomic E-state index is 0.259. The summed E-state index contributed by atoms with van der Waals surface area (Å²) in [5.74, 6) is 1.09. The molecule has 0 heterocycles. The summed E-state index contributed by atoms with van der Waals surface area (Å²) in [4.78, 5) is 1.60. The molecule has 5 heteroatoms. The summed E-state index contributed by atoms with van der Waals surface area (Å²) in [7, 11) is 0. The molecule has 0 saturated heterocycles. The van der Waals surface area contributed by atoms with E-state index in [0.717, 1.165) is 5.75 Å². The molecular weight excluding hydrogens is 248 g/mol. The molecule has 0 aromatic heterocycles. The largest absolute Gasteiger partial charge is 0.492 e. The van der Waals surface area contributed by atoms with Gasteiger partial charge in [-0.05, 0) is 12.1 Å². The molecule has 0 aliphatic carbocycles. The number of nitrogens with zero attached hydrogens (tertiary/aromatic N) is 1. The Balaban J connectivity index is 2.26. The Kier molecular flexibility index (Phi) is 6.89. The number of rotatable bonds is 8. The average Bonchev–Trinajstić information content (AvgIpc) is 2.30. The lowest BCUT2D eigenvalue weighted by molar-refractivity contribution is 0.0837. The number of para-hydroxylation sites is 1. The van der Waals surface area contributed by atoms with E-state index in [2.05, 4.69) is 0 Å². The highest BCUT2D eigenvalue weighted by Gasteiger charge is 2.11. The smallest absolute Gasteiger partial charge is 0.251 e. The van der Waals surface area contributed by atoms with Crippen LogP contribution >= 0.6 is 11.6 Å². The number of halogens is 3. The molecule has 0 fully saturated rings. The first-order valence-electron chi connectivity index (χ1n) is 5.46. The molecule has 0 saturated carbocycles. The van der Waals surface area contributed by atoms with Crippen LogP contribution in [0.4, 0.5) is 8.78 Å². The standard InChI is InChI=1S/C12H16ClF2NO/c13-6-7-16(10-12(14)15)8-9-17-11-4-2-1-3-5-11/h1-5,12H,6-10H2. The molecule has 96 valence electrons. The molecular formula is C12H16ClF2NO. The Bertz CT molecular complexity index is 298. The second-order valence-corrected chi connectivity index (χ2v) is 3.92. The van der Waals surface area contributed by atoms with Gasteiger partial charge < -0.3 is 4.74 Å². The molecule has 0 N–H and O–H groups in total. The second kappa shape index (κ2) is 8.25. The summed E-state index contributed by atoms with van der Waals surface area (Å²) < 4.78 is 29.9. The number of benzene rings is 1. The Morgan fingerprint density at radius 2 is 1.88 bits per heavy atom. The van der Waals surface area contributed by atoms with Gasteiger partial charge in [0.25, 0.3) is 6.43 Å². The maximum absolute atomic E-state index is 12.2. The third-order valence-corrected chi connectivity index (χ3v) is 2.39. The van der Waals surface area contributed by atoms with Gasteiger partial charge in [0.05, 0.1) is 6.54 Å². The Morgan fingerprint density at radius 3 is 2.47 bits per heavy atom. The molecule has 0 amide bonds. The minimum atomic E-state index is -2.34. The normalized spacial score (nSPS) is 11.1. The SMILES string of the molecule is FC(F)CN(CCCl)CCOc1ccccc1. The van der Waals surface area contributed by atoms with Gasteiger partial charge in [0, 0.05) is 19.0 Å². The van der Waals surface area contributed by atoms with E-state index in [1.165, 1.54) is 0 Å². The van der Waals surface area contributed by atoms with E-state index in [4.69, 9.17) is 16.3 Å². The Morgan fingerprint density at radius 1 is 1.18 bits per heavy atom. The molecule has 0 aliphatic rings. The highest BCUT2D eigenvalue weighted by Crippen LogP contribution is 2.08. The molecule has 0 aliphatic heterocycles. The van der Waals surface area contributed by atoms with Crippen molar-refractivity contribution < 1.29 is 13.5 Å².